The predicted octanol–water partition coefficient (Wildman–Crippen LogP) is 6.36. The highest BCUT2D eigenvalue weighted by Gasteiger charge is 2.17. The predicted molar refractivity (Wildman–Crippen MR) is 159 cm³/mol. The summed E-state index contributed by atoms with van der Waals surface area (Å²) in [6.45, 7) is 0.697. The maximum absolute atomic E-state index is 13.4. The highest BCUT2D eigenvalue weighted by molar-refractivity contribution is 6.01. The van der Waals surface area contributed by atoms with E-state index < -0.39 is 0 Å². The monoisotopic (exact) mass is 555 g/mol. The van der Waals surface area contributed by atoms with E-state index in [9.17, 15) is 9.59 Å². The summed E-state index contributed by atoms with van der Waals surface area (Å²) in [7, 11) is 4.65. The Morgan fingerprint density at radius 1 is 0.683 bits per heavy atom. The Bertz CT molecular complexity index is 1400. The van der Waals surface area contributed by atoms with E-state index in [4.69, 9.17) is 18.9 Å². The molecule has 0 aliphatic carbocycles. The van der Waals surface area contributed by atoms with Crippen LogP contribution in [0.4, 0.5) is 16.2 Å². The number of carbonyl (C=O) groups is 2. The lowest BCUT2D eigenvalue weighted by Gasteiger charge is -2.24. The molecule has 9 heteroatoms. The fourth-order valence-corrected chi connectivity index (χ4v) is 4.01. The van der Waals surface area contributed by atoms with Crippen LogP contribution in [0.1, 0.15) is 16.8 Å². The molecule has 0 aliphatic rings. The topological polar surface area (TPSA) is 98.4 Å². The molecule has 0 fully saturated rings. The number of nitrogens with one attached hydrogen (secondary N) is 2. The van der Waals surface area contributed by atoms with Crippen molar-refractivity contribution in [3.63, 3.8) is 0 Å². The smallest absolute Gasteiger partial charge is 0.326 e. The summed E-state index contributed by atoms with van der Waals surface area (Å²) < 4.78 is 21.6. The van der Waals surface area contributed by atoms with Crippen molar-refractivity contribution in [2.24, 2.45) is 0 Å². The van der Waals surface area contributed by atoms with Crippen molar-refractivity contribution in [3.8, 4) is 28.7 Å². The largest absolute Gasteiger partial charge is 0.497 e. The maximum Gasteiger partial charge on any atom is 0.326 e. The molecule has 0 heterocycles. The van der Waals surface area contributed by atoms with Crippen molar-refractivity contribution in [2.45, 2.75) is 6.42 Å². The van der Waals surface area contributed by atoms with Crippen LogP contribution in [0.25, 0.3) is 0 Å². The first kappa shape index (κ1) is 28.8. The average molecular weight is 556 g/mol. The number of para-hydroxylation sites is 1. The Hall–Kier alpha value is -5.18. The van der Waals surface area contributed by atoms with Crippen LogP contribution in [-0.2, 0) is 0 Å². The van der Waals surface area contributed by atoms with Crippen LogP contribution in [0.15, 0.2) is 97.1 Å². The Morgan fingerprint density at radius 3 is 1.88 bits per heavy atom. The van der Waals surface area contributed by atoms with Gasteiger partial charge in [0.05, 0.1) is 21.3 Å². The van der Waals surface area contributed by atoms with Gasteiger partial charge in [0.25, 0.3) is 5.91 Å². The molecule has 41 heavy (non-hydrogen) atoms. The van der Waals surface area contributed by atoms with E-state index in [-0.39, 0.29) is 11.9 Å². The summed E-state index contributed by atoms with van der Waals surface area (Å²) >= 11 is 0. The normalized spacial score (nSPS) is 10.3. The van der Waals surface area contributed by atoms with Crippen molar-refractivity contribution >= 4 is 23.3 Å². The van der Waals surface area contributed by atoms with Gasteiger partial charge in [-0.3, -0.25) is 9.69 Å². The van der Waals surface area contributed by atoms with Crippen molar-refractivity contribution in [2.75, 3.05) is 44.6 Å². The summed E-state index contributed by atoms with van der Waals surface area (Å²) in [5.41, 5.74) is 1.73. The first-order valence-electron chi connectivity index (χ1n) is 13.1. The number of hydrogen-bond donors (Lipinski definition) is 2. The molecule has 9 nitrogen and oxygen atoms in total. The van der Waals surface area contributed by atoms with Crippen LogP contribution < -0.4 is 34.5 Å². The van der Waals surface area contributed by atoms with Crippen LogP contribution in [-0.4, -0.2) is 46.4 Å². The molecule has 0 aromatic heterocycles. The summed E-state index contributed by atoms with van der Waals surface area (Å²) in [5.74, 6) is 2.85. The van der Waals surface area contributed by atoms with E-state index >= 15 is 0 Å². The van der Waals surface area contributed by atoms with E-state index in [1.807, 2.05) is 54.6 Å². The van der Waals surface area contributed by atoms with E-state index in [1.165, 1.54) is 14.2 Å². The minimum atomic E-state index is -0.309. The van der Waals surface area contributed by atoms with Crippen molar-refractivity contribution in [1.82, 2.24) is 5.32 Å². The van der Waals surface area contributed by atoms with Gasteiger partial charge < -0.3 is 29.6 Å². The van der Waals surface area contributed by atoms with Crippen molar-refractivity contribution in [3.05, 3.63) is 103 Å². The van der Waals surface area contributed by atoms with Gasteiger partial charge in [0.15, 0.2) is 0 Å². The molecule has 0 saturated carbocycles. The van der Waals surface area contributed by atoms with E-state index in [2.05, 4.69) is 10.6 Å². The number of amides is 3. The van der Waals surface area contributed by atoms with Gasteiger partial charge in [-0.15, -0.1) is 0 Å². The molecule has 4 aromatic carbocycles. The highest BCUT2D eigenvalue weighted by Crippen LogP contribution is 2.26. The summed E-state index contributed by atoms with van der Waals surface area (Å²) in [5, 5.41) is 5.84. The Morgan fingerprint density at radius 2 is 1.27 bits per heavy atom. The molecule has 2 N–H and O–H groups in total. The first-order valence-corrected chi connectivity index (χ1v) is 13.1. The second-order valence-corrected chi connectivity index (χ2v) is 8.93. The number of ether oxygens (including phenoxy) is 4. The summed E-state index contributed by atoms with van der Waals surface area (Å²) in [6, 6.07) is 28.5. The first-order chi connectivity index (χ1) is 20.0. The van der Waals surface area contributed by atoms with E-state index in [0.29, 0.717) is 59.4 Å². The molecule has 0 bridgehead atoms. The van der Waals surface area contributed by atoms with Crippen LogP contribution >= 0.6 is 0 Å². The minimum Gasteiger partial charge on any atom is -0.497 e. The maximum atomic E-state index is 13.4. The fraction of sp³-hybridized carbons (Fsp3) is 0.188. The van der Waals surface area contributed by atoms with Crippen molar-refractivity contribution in [1.29, 1.82) is 0 Å². The zero-order chi connectivity index (χ0) is 29.0. The number of nitrogens with zero attached hydrogens (tertiary/aromatic N) is 1. The number of benzene rings is 4. The SMILES string of the molecule is COc1ccc(NC(=O)N(CCCNC(=O)c2cc(OC)cc(OC)c2)c2ccc(Oc3ccccc3)cc2)cc1. The molecule has 0 aliphatic heterocycles. The highest BCUT2D eigenvalue weighted by atomic mass is 16.5. The minimum absolute atomic E-state index is 0.265. The second kappa shape index (κ2) is 14.3. The third-order valence-electron chi connectivity index (χ3n) is 6.17. The molecule has 0 saturated heterocycles. The Labute approximate surface area is 239 Å². The third-order valence-corrected chi connectivity index (χ3v) is 6.17. The standard InChI is InChI=1S/C32H33N3O6/c1-38-26-14-10-24(11-15-26)34-32(37)35(25-12-16-28(17-13-25)41-27-8-5-4-6-9-27)19-7-18-33-31(36)23-20-29(39-2)22-30(21-23)40-3/h4-6,8-17,20-22H,7,18-19H2,1-3H3,(H,33,36)(H,34,37). The van der Waals surface area contributed by atoms with Gasteiger partial charge in [-0.2, -0.15) is 0 Å². The summed E-state index contributed by atoms with van der Waals surface area (Å²) in [6.07, 6.45) is 0.505. The number of urea groups is 1. The summed E-state index contributed by atoms with van der Waals surface area (Å²) in [4.78, 5) is 27.8. The van der Waals surface area contributed by atoms with Crippen LogP contribution in [0.3, 0.4) is 0 Å². The Kier molecular flexibility index (Phi) is 10.0. The lowest BCUT2D eigenvalue weighted by molar-refractivity contribution is 0.0952. The van der Waals surface area contributed by atoms with Crippen molar-refractivity contribution < 1.29 is 28.5 Å². The van der Waals surface area contributed by atoms with Gasteiger partial charge in [-0.05, 0) is 79.2 Å². The van der Waals surface area contributed by atoms with Gasteiger partial charge in [0.2, 0.25) is 0 Å². The molecule has 0 unspecified atom stereocenters. The quantitative estimate of drug-likeness (QED) is 0.197. The third kappa shape index (κ3) is 8.15. The average Bonchev–Trinajstić information content (AvgIpc) is 3.02. The molecular formula is C32H33N3O6. The van der Waals surface area contributed by atoms with E-state index in [1.54, 1.807) is 54.5 Å². The van der Waals surface area contributed by atoms with Gasteiger partial charge in [-0.1, -0.05) is 18.2 Å². The molecular weight excluding hydrogens is 522 g/mol. The van der Waals surface area contributed by atoms with Crippen LogP contribution in [0.5, 0.6) is 28.7 Å². The van der Waals surface area contributed by atoms with E-state index in [0.717, 1.165) is 5.75 Å². The zero-order valence-electron chi connectivity index (χ0n) is 23.3. The lowest BCUT2D eigenvalue weighted by Crippen LogP contribution is -2.37. The van der Waals surface area contributed by atoms with Gasteiger partial charge in [-0.25, -0.2) is 4.79 Å². The molecule has 212 valence electrons. The number of carbonyl (C=O) groups excluding carboxylic acids is 2. The van der Waals surface area contributed by atoms with Gasteiger partial charge >= 0.3 is 6.03 Å². The number of hydrogen-bond acceptors (Lipinski definition) is 6. The fourth-order valence-electron chi connectivity index (χ4n) is 4.01. The molecule has 4 rings (SSSR count). The molecule has 0 radical (unpaired) electrons. The number of rotatable bonds is 12. The molecule has 4 aromatic rings. The molecule has 0 atom stereocenters. The van der Waals surface area contributed by atoms with Crippen LogP contribution in [0, 0.1) is 0 Å². The molecule has 0 spiro atoms. The number of methoxy groups -OCH3 is 3. The molecule has 3 amide bonds. The Balaban J connectivity index is 1.43. The van der Waals surface area contributed by atoms with Crippen LogP contribution in [0.2, 0.25) is 0 Å². The van der Waals surface area contributed by atoms with Gasteiger partial charge in [0, 0.05) is 36.1 Å². The van der Waals surface area contributed by atoms with Gasteiger partial charge in [0.1, 0.15) is 28.7 Å². The zero-order valence-corrected chi connectivity index (χ0v) is 23.3. The number of anilines is 2. The lowest BCUT2D eigenvalue weighted by atomic mass is 10.2. The second-order valence-electron chi connectivity index (χ2n) is 8.93.